The Balaban J connectivity index is 2.14. The van der Waals surface area contributed by atoms with Gasteiger partial charge in [0.2, 0.25) is 0 Å². The summed E-state index contributed by atoms with van der Waals surface area (Å²) in [5.74, 6) is 0. The molecule has 0 N–H and O–H groups in total. The molecular weight excluding hydrogens is 230 g/mol. The van der Waals surface area contributed by atoms with Crippen molar-refractivity contribution in [1.82, 2.24) is 19.8 Å². The second-order valence-corrected chi connectivity index (χ2v) is 5.07. The predicted molar refractivity (Wildman–Crippen MR) is 57.3 cm³/mol. The third-order valence-electron chi connectivity index (χ3n) is 3.36. The predicted octanol–water partition coefficient (Wildman–Crippen LogP) is 1.28. The van der Waals surface area contributed by atoms with Crippen molar-refractivity contribution in [3.05, 3.63) is 10.5 Å². The molecular formula is C10H16F2N4O. The van der Waals surface area contributed by atoms with Gasteiger partial charge in [-0.15, -0.1) is 0 Å². The Morgan fingerprint density at radius 1 is 1.35 bits per heavy atom. The maximum atomic E-state index is 12.6. The van der Waals surface area contributed by atoms with Crippen LogP contribution in [0.3, 0.4) is 0 Å². The first-order chi connectivity index (χ1) is 8.03. The SMILES string of the molecule is CC(C)n1nnn(C2CC(CF)(CF)C2)c1=O. The van der Waals surface area contributed by atoms with Gasteiger partial charge in [-0.05, 0) is 37.1 Å². The van der Waals surface area contributed by atoms with Crippen molar-refractivity contribution in [1.29, 1.82) is 0 Å². The van der Waals surface area contributed by atoms with Gasteiger partial charge in [0.1, 0.15) is 0 Å². The van der Waals surface area contributed by atoms with Crippen molar-refractivity contribution < 1.29 is 8.78 Å². The summed E-state index contributed by atoms with van der Waals surface area (Å²) in [6.45, 7) is 2.28. The Kier molecular flexibility index (Phi) is 3.01. The summed E-state index contributed by atoms with van der Waals surface area (Å²) in [7, 11) is 0. The van der Waals surface area contributed by atoms with Crippen molar-refractivity contribution in [2.45, 2.75) is 38.8 Å². The fraction of sp³-hybridized carbons (Fsp3) is 0.900. The molecule has 0 amide bonds. The maximum absolute atomic E-state index is 12.6. The largest absolute Gasteiger partial charge is 0.364 e. The van der Waals surface area contributed by atoms with Gasteiger partial charge in [-0.2, -0.15) is 9.36 Å². The summed E-state index contributed by atoms with van der Waals surface area (Å²) in [5, 5.41) is 7.51. The van der Waals surface area contributed by atoms with Gasteiger partial charge in [0.15, 0.2) is 0 Å². The molecule has 0 saturated heterocycles. The molecule has 1 aliphatic carbocycles. The lowest BCUT2D eigenvalue weighted by atomic mass is 9.67. The van der Waals surface area contributed by atoms with Crippen molar-refractivity contribution in [3.8, 4) is 0 Å². The Hall–Kier alpha value is -1.27. The summed E-state index contributed by atoms with van der Waals surface area (Å²) in [6, 6.07) is -0.287. The zero-order valence-corrected chi connectivity index (χ0v) is 9.94. The van der Waals surface area contributed by atoms with Crippen molar-refractivity contribution in [2.24, 2.45) is 5.41 Å². The van der Waals surface area contributed by atoms with Crippen LogP contribution in [-0.4, -0.2) is 33.1 Å². The standard InChI is InChI=1S/C10H16F2N4O/c1-7(2)15-9(17)16(14-13-15)8-3-10(4-8,5-11)6-12/h7-8H,3-6H2,1-2H3. The molecule has 1 saturated carbocycles. The quantitative estimate of drug-likeness (QED) is 0.804. The molecule has 1 aromatic rings. The average molecular weight is 246 g/mol. The van der Waals surface area contributed by atoms with Crippen LogP contribution in [-0.2, 0) is 0 Å². The van der Waals surface area contributed by atoms with Crippen LogP contribution in [0.5, 0.6) is 0 Å². The highest BCUT2D eigenvalue weighted by molar-refractivity contribution is 4.95. The molecule has 0 aliphatic heterocycles. The Morgan fingerprint density at radius 2 is 1.94 bits per heavy atom. The Morgan fingerprint density at radius 3 is 2.35 bits per heavy atom. The smallest absolute Gasteiger partial charge is 0.250 e. The number of alkyl halides is 2. The van der Waals surface area contributed by atoms with E-state index in [1.165, 1.54) is 9.36 Å². The first kappa shape index (κ1) is 12.2. The normalized spacial score (nSPS) is 19.6. The highest BCUT2D eigenvalue weighted by Crippen LogP contribution is 2.48. The molecule has 0 radical (unpaired) electrons. The number of nitrogens with zero attached hydrogens (tertiary/aromatic N) is 4. The average Bonchev–Trinajstić information content (AvgIpc) is 2.61. The zero-order valence-electron chi connectivity index (χ0n) is 9.94. The van der Waals surface area contributed by atoms with Crippen LogP contribution in [0.25, 0.3) is 0 Å². The van der Waals surface area contributed by atoms with Crippen molar-refractivity contribution in [2.75, 3.05) is 13.3 Å². The summed E-state index contributed by atoms with van der Waals surface area (Å²) in [6.07, 6.45) is 0.632. The van der Waals surface area contributed by atoms with Gasteiger partial charge in [0, 0.05) is 5.41 Å². The van der Waals surface area contributed by atoms with Crippen LogP contribution >= 0.6 is 0 Å². The van der Waals surface area contributed by atoms with E-state index in [4.69, 9.17) is 0 Å². The van der Waals surface area contributed by atoms with E-state index in [2.05, 4.69) is 10.4 Å². The van der Waals surface area contributed by atoms with E-state index in [1.807, 2.05) is 13.8 Å². The molecule has 5 nitrogen and oxygen atoms in total. The molecule has 1 fully saturated rings. The van der Waals surface area contributed by atoms with Crippen LogP contribution in [0, 0.1) is 5.41 Å². The van der Waals surface area contributed by atoms with Crippen LogP contribution in [0.4, 0.5) is 8.78 Å². The number of aromatic nitrogens is 4. The van der Waals surface area contributed by atoms with Gasteiger partial charge >= 0.3 is 5.69 Å². The lowest BCUT2D eigenvalue weighted by Gasteiger charge is -2.43. The molecule has 1 heterocycles. The molecule has 0 unspecified atom stereocenters. The van der Waals surface area contributed by atoms with E-state index in [1.54, 1.807) is 0 Å². The Labute approximate surface area is 97.4 Å². The number of halogens is 2. The van der Waals surface area contributed by atoms with Gasteiger partial charge < -0.3 is 0 Å². The van der Waals surface area contributed by atoms with Crippen molar-refractivity contribution >= 4 is 0 Å². The molecule has 17 heavy (non-hydrogen) atoms. The number of tetrazole rings is 1. The van der Waals surface area contributed by atoms with E-state index in [0.29, 0.717) is 12.8 Å². The van der Waals surface area contributed by atoms with Crippen LogP contribution < -0.4 is 5.69 Å². The summed E-state index contributed by atoms with van der Waals surface area (Å²) >= 11 is 0. The van der Waals surface area contributed by atoms with Crippen LogP contribution in [0.15, 0.2) is 4.79 Å². The number of hydrogen-bond acceptors (Lipinski definition) is 3. The second-order valence-electron chi connectivity index (χ2n) is 5.07. The van der Waals surface area contributed by atoms with E-state index >= 15 is 0 Å². The molecule has 0 atom stereocenters. The third-order valence-corrected chi connectivity index (χ3v) is 3.36. The summed E-state index contributed by atoms with van der Waals surface area (Å²) in [4.78, 5) is 11.8. The van der Waals surface area contributed by atoms with E-state index in [9.17, 15) is 13.6 Å². The van der Waals surface area contributed by atoms with Gasteiger partial charge in [-0.1, -0.05) is 0 Å². The topological polar surface area (TPSA) is 52.7 Å². The molecule has 0 aromatic carbocycles. The first-order valence-electron chi connectivity index (χ1n) is 5.69. The van der Waals surface area contributed by atoms with Crippen molar-refractivity contribution in [3.63, 3.8) is 0 Å². The van der Waals surface area contributed by atoms with Crippen LogP contribution in [0.2, 0.25) is 0 Å². The number of rotatable bonds is 4. The monoisotopic (exact) mass is 246 g/mol. The lowest BCUT2D eigenvalue weighted by Crippen LogP contribution is -2.45. The fourth-order valence-electron chi connectivity index (χ4n) is 2.19. The minimum absolute atomic E-state index is 0.0663. The van der Waals surface area contributed by atoms with E-state index in [0.717, 1.165) is 0 Å². The second kappa shape index (κ2) is 4.19. The molecule has 1 aromatic heterocycles. The highest BCUT2D eigenvalue weighted by Gasteiger charge is 2.47. The molecule has 1 aliphatic rings. The molecule has 2 rings (SSSR count). The highest BCUT2D eigenvalue weighted by atomic mass is 19.1. The van der Waals surface area contributed by atoms with E-state index in [-0.39, 0.29) is 17.8 Å². The third kappa shape index (κ3) is 1.87. The lowest BCUT2D eigenvalue weighted by molar-refractivity contribution is 0.00276. The zero-order chi connectivity index (χ0) is 12.6. The van der Waals surface area contributed by atoms with Crippen LogP contribution in [0.1, 0.15) is 38.8 Å². The van der Waals surface area contributed by atoms with Gasteiger partial charge in [-0.3, -0.25) is 8.78 Å². The molecule has 0 spiro atoms. The maximum Gasteiger partial charge on any atom is 0.364 e. The van der Waals surface area contributed by atoms with E-state index < -0.39 is 18.8 Å². The minimum atomic E-state index is -0.897. The molecule has 7 heteroatoms. The minimum Gasteiger partial charge on any atom is -0.250 e. The van der Waals surface area contributed by atoms with Gasteiger partial charge in [0.05, 0.1) is 25.4 Å². The number of hydrogen-bond donors (Lipinski definition) is 0. The molecule has 0 bridgehead atoms. The van der Waals surface area contributed by atoms with Gasteiger partial charge in [0.25, 0.3) is 0 Å². The fourth-order valence-corrected chi connectivity index (χ4v) is 2.19. The Bertz CT molecular complexity index is 441. The summed E-state index contributed by atoms with van der Waals surface area (Å²) in [5.41, 5.74) is -1.21. The van der Waals surface area contributed by atoms with Gasteiger partial charge in [-0.25, -0.2) is 4.79 Å². The molecule has 96 valence electrons. The summed E-state index contributed by atoms with van der Waals surface area (Å²) < 4.78 is 27.8. The first-order valence-corrected chi connectivity index (χ1v) is 5.69.